The molecular weight excluding hydrogens is 347 g/mol. The van der Waals surface area contributed by atoms with Gasteiger partial charge in [0, 0.05) is 11.8 Å². The van der Waals surface area contributed by atoms with Crippen LogP contribution in [0.3, 0.4) is 0 Å². The predicted molar refractivity (Wildman–Crippen MR) is 80.6 cm³/mol. The molecule has 0 unspecified atom stereocenters. The average Bonchev–Trinajstić information content (AvgIpc) is 2.35. The number of benzene rings is 1. The van der Waals surface area contributed by atoms with Crippen LogP contribution >= 0.6 is 27.5 Å². The van der Waals surface area contributed by atoms with Crippen LogP contribution in [-0.2, 0) is 0 Å². The van der Waals surface area contributed by atoms with Crippen molar-refractivity contribution < 1.29 is 9.13 Å². The van der Waals surface area contributed by atoms with E-state index in [2.05, 4.69) is 25.9 Å². The Morgan fingerprint density at radius 2 is 2.05 bits per heavy atom. The molecule has 0 aliphatic carbocycles. The Morgan fingerprint density at radius 1 is 1.35 bits per heavy atom. The fourth-order valence-electron chi connectivity index (χ4n) is 1.70. The molecule has 0 fully saturated rings. The maximum Gasteiger partial charge on any atom is 0.139 e. The summed E-state index contributed by atoms with van der Waals surface area (Å²) in [5, 5.41) is 0.238. The van der Waals surface area contributed by atoms with Crippen molar-refractivity contribution in [3.8, 4) is 17.0 Å². The maximum absolute atomic E-state index is 14.1. The lowest BCUT2D eigenvalue weighted by Crippen LogP contribution is -2.06. The lowest BCUT2D eigenvalue weighted by Gasteiger charge is -2.14. The summed E-state index contributed by atoms with van der Waals surface area (Å²) in [4.78, 5) is 8.30. The number of ether oxygens (including phenoxy) is 1. The predicted octanol–water partition coefficient (Wildman–Crippen LogP) is 4.79. The zero-order valence-electron chi connectivity index (χ0n) is 11.2. The summed E-state index contributed by atoms with van der Waals surface area (Å²) < 4.78 is 20.3. The van der Waals surface area contributed by atoms with Crippen molar-refractivity contribution in [3.63, 3.8) is 0 Å². The molecule has 1 aromatic carbocycles. The molecule has 1 heterocycles. The first kappa shape index (κ1) is 15.2. The first-order valence-electron chi connectivity index (χ1n) is 6.03. The molecule has 0 saturated carbocycles. The molecule has 20 heavy (non-hydrogen) atoms. The number of halogens is 3. The van der Waals surface area contributed by atoms with Gasteiger partial charge >= 0.3 is 0 Å². The molecule has 6 heteroatoms. The van der Waals surface area contributed by atoms with Crippen molar-refractivity contribution in [3.05, 3.63) is 39.5 Å². The van der Waals surface area contributed by atoms with Crippen LogP contribution in [0.1, 0.15) is 19.7 Å². The topological polar surface area (TPSA) is 35.0 Å². The Balaban J connectivity index is 2.58. The first-order chi connectivity index (χ1) is 9.38. The largest absolute Gasteiger partial charge is 0.489 e. The molecule has 0 saturated heterocycles. The van der Waals surface area contributed by atoms with Gasteiger partial charge in [-0.15, -0.1) is 0 Å². The van der Waals surface area contributed by atoms with E-state index in [4.69, 9.17) is 16.3 Å². The number of aromatic nitrogens is 2. The second-order valence-corrected chi connectivity index (χ2v) is 5.80. The van der Waals surface area contributed by atoms with Gasteiger partial charge in [0.2, 0.25) is 0 Å². The van der Waals surface area contributed by atoms with Crippen LogP contribution in [0.4, 0.5) is 4.39 Å². The third-order valence-electron chi connectivity index (χ3n) is 2.50. The van der Waals surface area contributed by atoms with Crippen LogP contribution in [0.15, 0.2) is 22.8 Å². The van der Waals surface area contributed by atoms with Crippen molar-refractivity contribution in [1.29, 1.82) is 0 Å². The summed E-state index contributed by atoms with van der Waals surface area (Å²) in [6.07, 6.45) is 1.54. The normalized spacial score (nSPS) is 10.9. The summed E-state index contributed by atoms with van der Waals surface area (Å²) in [5.74, 6) is 0.537. The molecule has 0 bridgehead atoms. The second kappa shape index (κ2) is 6.06. The van der Waals surface area contributed by atoms with Crippen LogP contribution in [0, 0.1) is 12.7 Å². The number of aryl methyl sites for hydroxylation is 1. The highest BCUT2D eigenvalue weighted by Gasteiger charge is 2.16. The van der Waals surface area contributed by atoms with E-state index >= 15 is 0 Å². The number of nitrogens with zero attached hydrogens (tertiary/aromatic N) is 2. The Labute approximate surface area is 130 Å². The van der Waals surface area contributed by atoms with Gasteiger partial charge < -0.3 is 4.74 Å². The van der Waals surface area contributed by atoms with Crippen molar-refractivity contribution in [2.75, 3.05) is 0 Å². The zero-order chi connectivity index (χ0) is 14.9. The van der Waals surface area contributed by atoms with E-state index in [9.17, 15) is 4.39 Å². The third-order valence-corrected chi connectivity index (χ3v) is 3.38. The molecule has 0 amide bonds. The third kappa shape index (κ3) is 3.27. The van der Waals surface area contributed by atoms with Gasteiger partial charge in [-0.3, -0.25) is 0 Å². The Hall–Kier alpha value is -1.20. The van der Waals surface area contributed by atoms with Crippen LogP contribution in [0.2, 0.25) is 5.02 Å². The number of hydrogen-bond donors (Lipinski definition) is 0. The SMILES string of the molecule is Cc1ncc(Br)c(-c2cc(OC(C)C)c(Cl)cc2F)n1. The van der Waals surface area contributed by atoms with Gasteiger partial charge in [0.05, 0.1) is 21.3 Å². The van der Waals surface area contributed by atoms with E-state index in [-0.39, 0.29) is 11.1 Å². The van der Waals surface area contributed by atoms with Gasteiger partial charge in [-0.05, 0) is 48.8 Å². The summed E-state index contributed by atoms with van der Waals surface area (Å²) in [6, 6.07) is 2.79. The van der Waals surface area contributed by atoms with E-state index in [1.807, 2.05) is 13.8 Å². The smallest absolute Gasteiger partial charge is 0.139 e. The summed E-state index contributed by atoms with van der Waals surface area (Å²) >= 11 is 9.32. The maximum atomic E-state index is 14.1. The lowest BCUT2D eigenvalue weighted by atomic mass is 10.1. The van der Waals surface area contributed by atoms with Gasteiger partial charge in [-0.25, -0.2) is 14.4 Å². The van der Waals surface area contributed by atoms with Gasteiger partial charge in [0.25, 0.3) is 0 Å². The van der Waals surface area contributed by atoms with E-state index in [0.717, 1.165) is 0 Å². The molecule has 1 aromatic heterocycles. The minimum atomic E-state index is -0.454. The highest BCUT2D eigenvalue weighted by molar-refractivity contribution is 9.10. The average molecular weight is 360 g/mol. The monoisotopic (exact) mass is 358 g/mol. The van der Waals surface area contributed by atoms with Crippen molar-refractivity contribution >= 4 is 27.5 Å². The van der Waals surface area contributed by atoms with Crippen LogP contribution in [0.25, 0.3) is 11.3 Å². The lowest BCUT2D eigenvalue weighted by molar-refractivity contribution is 0.242. The Bertz CT molecular complexity index is 649. The molecule has 0 atom stereocenters. The van der Waals surface area contributed by atoms with Crippen molar-refractivity contribution in [1.82, 2.24) is 9.97 Å². The minimum absolute atomic E-state index is 0.0543. The van der Waals surface area contributed by atoms with E-state index < -0.39 is 5.82 Å². The van der Waals surface area contributed by atoms with Gasteiger partial charge in [0.15, 0.2) is 0 Å². The summed E-state index contributed by atoms with van der Waals surface area (Å²) in [6.45, 7) is 5.50. The van der Waals surface area contributed by atoms with Crippen LogP contribution in [-0.4, -0.2) is 16.1 Å². The first-order valence-corrected chi connectivity index (χ1v) is 7.20. The van der Waals surface area contributed by atoms with E-state index in [0.29, 0.717) is 27.3 Å². The molecule has 0 aliphatic rings. The highest BCUT2D eigenvalue weighted by Crippen LogP contribution is 2.35. The fourth-order valence-corrected chi connectivity index (χ4v) is 2.30. The molecule has 2 aromatic rings. The van der Waals surface area contributed by atoms with Crippen LogP contribution in [0.5, 0.6) is 5.75 Å². The fraction of sp³-hybridized carbons (Fsp3) is 0.286. The Morgan fingerprint density at radius 3 is 2.70 bits per heavy atom. The van der Waals surface area contributed by atoms with E-state index in [1.54, 1.807) is 19.2 Å². The second-order valence-electron chi connectivity index (χ2n) is 4.54. The van der Waals surface area contributed by atoms with Gasteiger partial charge in [0.1, 0.15) is 17.4 Å². The summed E-state index contributed by atoms with van der Waals surface area (Å²) in [7, 11) is 0. The van der Waals surface area contributed by atoms with Crippen molar-refractivity contribution in [2.45, 2.75) is 26.9 Å². The van der Waals surface area contributed by atoms with E-state index in [1.165, 1.54) is 6.07 Å². The zero-order valence-corrected chi connectivity index (χ0v) is 13.6. The number of hydrogen-bond acceptors (Lipinski definition) is 3. The molecular formula is C14H13BrClFN2O. The molecule has 2 rings (SSSR count). The minimum Gasteiger partial charge on any atom is -0.489 e. The van der Waals surface area contributed by atoms with Crippen molar-refractivity contribution in [2.24, 2.45) is 0 Å². The Kier molecular flexibility index (Phi) is 4.60. The molecule has 106 valence electrons. The molecule has 0 spiro atoms. The molecule has 0 N–H and O–H groups in total. The van der Waals surface area contributed by atoms with Crippen LogP contribution < -0.4 is 4.74 Å². The molecule has 0 radical (unpaired) electrons. The van der Waals surface area contributed by atoms with Gasteiger partial charge in [-0.2, -0.15) is 0 Å². The summed E-state index contributed by atoms with van der Waals surface area (Å²) in [5.41, 5.74) is 0.794. The highest BCUT2D eigenvalue weighted by atomic mass is 79.9. The standard InChI is InChI=1S/C14H13BrClFN2O/c1-7(2)20-13-4-9(12(17)5-11(13)16)14-10(15)6-18-8(3)19-14/h4-7H,1-3H3. The molecule has 3 nitrogen and oxygen atoms in total. The van der Waals surface area contributed by atoms with Gasteiger partial charge in [-0.1, -0.05) is 11.6 Å². The molecule has 0 aliphatic heterocycles. The quantitative estimate of drug-likeness (QED) is 0.790. The number of rotatable bonds is 3.